The average Bonchev–Trinajstić information content (AvgIpc) is 3.11. The van der Waals surface area contributed by atoms with Crippen molar-refractivity contribution in [2.24, 2.45) is 0 Å². The highest BCUT2D eigenvalue weighted by Gasteiger charge is 2.21. The molecule has 3 rings (SSSR count). The Labute approximate surface area is 172 Å². The van der Waals surface area contributed by atoms with Crippen molar-refractivity contribution in [3.05, 3.63) is 69.8 Å². The van der Waals surface area contributed by atoms with Gasteiger partial charge in [0.05, 0.1) is 6.54 Å². The number of fused-ring (bicyclic) bond motifs is 1. The van der Waals surface area contributed by atoms with Crippen LogP contribution in [0.5, 0.6) is 0 Å². The largest absolute Gasteiger partial charge is 0.361 e. The minimum absolute atomic E-state index is 0.0954. The van der Waals surface area contributed by atoms with Gasteiger partial charge in [0.25, 0.3) is 0 Å². The summed E-state index contributed by atoms with van der Waals surface area (Å²) < 4.78 is 0. The van der Waals surface area contributed by atoms with Crippen molar-refractivity contribution in [1.82, 2.24) is 20.9 Å². The van der Waals surface area contributed by atoms with Crippen molar-refractivity contribution >= 4 is 46.0 Å². The first kappa shape index (κ1) is 20.0. The number of para-hydroxylation sites is 1. The molecule has 1 heterocycles. The Kier molecular flexibility index (Phi) is 6.44. The molecule has 0 aliphatic carbocycles. The predicted molar refractivity (Wildman–Crippen MR) is 112 cm³/mol. The van der Waals surface area contributed by atoms with Crippen LogP contribution in [0.25, 0.3) is 10.9 Å². The summed E-state index contributed by atoms with van der Waals surface area (Å²) in [5.41, 5.74) is 2.85. The number of hydrogen-bond acceptors (Lipinski definition) is 2. The van der Waals surface area contributed by atoms with Crippen LogP contribution in [0.2, 0.25) is 10.0 Å². The first-order valence-corrected chi connectivity index (χ1v) is 9.48. The third-order valence-electron chi connectivity index (χ3n) is 4.49. The third kappa shape index (κ3) is 4.58. The van der Waals surface area contributed by atoms with Crippen LogP contribution < -0.4 is 16.0 Å². The van der Waals surface area contributed by atoms with Gasteiger partial charge in [-0.3, -0.25) is 4.79 Å². The van der Waals surface area contributed by atoms with Crippen molar-refractivity contribution in [3.8, 4) is 0 Å². The lowest BCUT2D eigenvalue weighted by Gasteiger charge is -2.20. The van der Waals surface area contributed by atoms with Crippen LogP contribution in [-0.4, -0.2) is 37.1 Å². The molecule has 0 saturated heterocycles. The van der Waals surface area contributed by atoms with Gasteiger partial charge in [0, 0.05) is 46.7 Å². The van der Waals surface area contributed by atoms with Gasteiger partial charge in [-0.1, -0.05) is 47.5 Å². The minimum Gasteiger partial charge on any atom is -0.361 e. The maximum atomic E-state index is 12.1. The van der Waals surface area contributed by atoms with Crippen LogP contribution >= 0.6 is 23.2 Å². The molecule has 4 N–H and O–H groups in total. The highest BCUT2D eigenvalue weighted by molar-refractivity contribution is 6.35. The first-order chi connectivity index (χ1) is 13.5. The number of likely N-dealkylation sites (N-methyl/N-ethyl adjacent to an activating group) is 1. The number of amides is 3. The Morgan fingerprint density at radius 3 is 2.61 bits per heavy atom. The average molecular weight is 419 g/mol. The molecule has 0 spiro atoms. The quantitative estimate of drug-likeness (QED) is 0.492. The molecule has 6 nitrogen and oxygen atoms in total. The molecule has 0 aliphatic heterocycles. The number of H-pyrrole nitrogens is 1. The Bertz CT molecular complexity index is 1000. The van der Waals surface area contributed by atoms with E-state index in [-0.39, 0.29) is 18.4 Å². The Morgan fingerprint density at radius 2 is 1.86 bits per heavy atom. The van der Waals surface area contributed by atoms with Gasteiger partial charge in [0.2, 0.25) is 5.91 Å². The first-order valence-electron chi connectivity index (χ1n) is 8.73. The van der Waals surface area contributed by atoms with E-state index in [9.17, 15) is 9.59 Å². The molecule has 0 fully saturated rings. The Hall–Kier alpha value is -2.70. The Balaban J connectivity index is 1.87. The van der Waals surface area contributed by atoms with Crippen molar-refractivity contribution < 1.29 is 9.59 Å². The molecule has 28 heavy (non-hydrogen) atoms. The number of carbonyl (C=O) groups excluding carboxylic acids is 2. The molecule has 3 aromatic rings. The molecule has 0 saturated carbocycles. The van der Waals surface area contributed by atoms with Crippen molar-refractivity contribution in [1.29, 1.82) is 0 Å². The number of rotatable bonds is 6. The zero-order chi connectivity index (χ0) is 20.1. The number of benzene rings is 2. The summed E-state index contributed by atoms with van der Waals surface area (Å²) >= 11 is 12.5. The monoisotopic (exact) mass is 418 g/mol. The second-order valence-corrected chi connectivity index (χ2v) is 7.09. The van der Waals surface area contributed by atoms with E-state index in [4.69, 9.17) is 23.2 Å². The molecular weight excluding hydrogens is 399 g/mol. The molecule has 2 aromatic carbocycles. The molecule has 0 radical (unpaired) electrons. The fourth-order valence-corrected chi connectivity index (χ4v) is 3.60. The van der Waals surface area contributed by atoms with Crippen LogP contribution in [0.15, 0.2) is 48.7 Å². The van der Waals surface area contributed by atoms with Crippen LogP contribution in [0.1, 0.15) is 17.0 Å². The molecule has 0 bridgehead atoms. The van der Waals surface area contributed by atoms with Crippen molar-refractivity contribution in [2.45, 2.75) is 5.92 Å². The fourth-order valence-electron chi connectivity index (χ4n) is 3.06. The number of hydrogen-bond donors (Lipinski definition) is 4. The zero-order valence-electron chi connectivity index (χ0n) is 15.2. The molecule has 146 valence electrons. The predicted octanol–water partition coefficient (Wildman–Crippen LogP) is 3.65. The van der Waals surface area contributed by atoms with E-state index in [2.05, 4.69) is 20.9 Å². The summed E-state index contributed by atoms with van der Waals surface area (Å²) in [5, 5.41) is 9.91. The van der Waals surface area contributed by atoms with E-state index >= 15 is 0 Å². The number of urea groups is 1. The van der Waals surface area contributed by atoms with Crippen molar-refractivity contribution in [2.75, 3.05) is 20.1 Å². The van der Waals surface area contributed by atoms with E-state index in [0.717, 1.165) is 22.0 Å². The molecule has 8 heteroatoms. The van der Waals surface area contributed by atoms with Gasteiger partial charge in [-0.25, -0.2) is 4.79 Å². The molecule has 0 aliphatic rings. The summed E-state index contributed by atoms with van der Waals surface area (Å²) in [6, 6.07) is 12.8. The maximum Gasteiger partial charge on any atom is 0.315 e. The zero-order valence-corrected chi connectivity index (χ0v) is 16.7. The fraction of sp³-hybridized carbons (Fsp3) is 0.200. The van der Waals surface area contributed by atoms with E-state index in [1.807, 2.05) is 36.5 Å². The van der Waals surface area contributed by atoms with E-state index in [1.54, 1.807) is 12.1 Å². The van der Waals surface area contributed by atoms with E-state index < -0.39 is 6.03 Å². The molecular formula is C20H20Cl2N4O2. The second kappa shape index (κ2) is 8.99. The molecule has 1 unspecified atom stereocenters. The van der Waals surface area contributed by atoms with Gasteiger partial charge in [-0.05, 0) is 29.3 Å². The number of nitrogens with one attached hydrogen (secondary N) is 4. The van der Waals surface area contributed by atoms with Crippen LogP contribution in [-0.2, 0) is 4.79 Å². The lowest BCUT2D eigenvalue weighted by Crippen LogP contribution is -2.42. The summed E-state index contributed by atoms with van der Waals surface area (Å²) in [4.78, 5) is 26.7. The van der Waals surface area contributed by atoms with Gasteiger partial charge in [-0.15, -0.1) is 0 Å². The lowest BCUT2D eigenvalue weighted by molar-refractivity contribution is -0.119. The maximum absolute atomic E-state index is 12.1. The topological polar surface area (TPSA) is 86.0 Å². The third-order valence-corrected chi connectivity index (χ3v) is 5.05. The van der Waals surface area contributed by atoms with Gasteiger partial charge >= 0.3 is 6.03 Å². The smallest absolute Gasteiger partial charge is 0.315 e. The van der Waals surface area contributed by atoms with Crippen molar-refractivity contribution in [3.63, 3.8) is 0 Å². The molecule has 1 aromatic heterocycles. The SMILES string of the molecule is CNC(=O)CNC(=O)NCC(c1ccc(Cl)cc1Cl)c1c[nH]c2ccccc12. The minimum atomic E-state index is -0.432. The summed E-state index contributed by atoms with van der Waals surface area (Å²) in [7, 11) is 1.51. The van der Waals surface area contributed by atoms with Crippen LogP contribution in [0, 0.1) is 0 Å². The standard InChI is InChI=1S/C20H20Cl2N4O2/c1-23-19(27)11-26-20(28)25-10-15(13-7-6-12(21)8-17(13)22)16-9-24-18-5-3-2-4-14(16)18/h2-9,15,24H,10-11H2,1H3,(H,23,27)(H2,25,26,28). The van der Waals surface area contributed by atoms with Gasteiger partial charge in [0.15, 0.2) is 0 Å². The van der Waals surface area contributed by atoms with E-state index in [0.29, 0.717) is 16.6 Å². The van der Waals surface area contributed by atoms with Gasteiger partial charge in [0.1, 0.15) is 0 Å². The summed E-state index contributed by atoms with van der Waals surface area (Å²) in [6.07, 6.45) is 1.92. The number of carbonyl (C=O) groups is 2. The van der Waals surface area contributed by atoms with Crippen LogP contribution in [0.3, 0.4) is 0 Å². The number of halogens is 2. The summed E-state index contributed by atoms with van der Waals surface area (Å²) in [5.74, 6) is -0.476. The highest BCUT2D eigenvalue weighted by atomic mass is 35.5. The molecule has 3 amide bonds. The van der Waals surface area contributed by atoms with Gasteiger partial charge < -0.3 is 20.9 Å². The highest BCUT2D eigenvalue weighted by Crippen LogP contribution is 2.35. The normalized spacial score (nSPS) is 11.8. The second-order valence-electron chi connectivity index (χ2n) is 6.24. The lowest BCUT2D eigenvalue weighted by atomic mass is 9.91. The molecule has 1 atom stereocenters. The van der Waals surface area contributed by atoms with E-state index in [1.165, 1.54) is 7.05 Å². The van der Waals surface area contributed by atoms with Gasteiger partial charge in [-0.2, -0.15) is 0 Å². The number of aromatic amines is 1. The summed E-state index contributed by atoms with van der Waals surface area (Å²) in [6.45, 7) is 0.199. The number of aromatic nitrogens is 1. The Morgan fingerprint density at radius 1 is 1.07 bits per heavy atom. The van der Waals surface area contributed by atoms with Crippen LogP contribution in [0.4, 0.5) is 4.79 Å².